The number of ether oxygens (including phenoxy) is 2. The topological polar surface area (TPSA) is 64.6 Å². The molecule has 0 aliphatic heterocycles. The maximum Gasteiger partial charge on any atom is 0.338 e. The molecule has 1 N–H and O–H groups in total. The van der Waals surface area contributed by atoms with Crippen LogP contribution in [0.5, 0.6) is 5.75 Å². The fourth-order valence-electron chi connectivity index (χ4n) is 2.58. The van der Waals surface area contributed by atoms with Crippen LogP contribution in [0.1, 0.15) is 48.5 Å². The Morgan fingerprint density at radius 1 is 1.04 bits per heavy atom. The third-order valence-electron chi connectivity index (χ3n) is 4.13. The van der Waals surface area contributed by atoms with Crippen molar-refractivity contribution in [2.75, 3.05) is 18.5 Å². The normalized spacial score (nSPS) is 10.4. The number of nitrogens with one attached hydrogen (secondary N) is 1. The zero-order valence-electron chi connectivity index (χ0n) is 16.3. The first-order valence-corrected chi connectivity index (χ1v) is 9.83. The van der Waals surface area contributed by atoms with Gasteiger partial charge < -0.3 is 14.8 Å². The van der Waals surface area contributed by atoms with Gasteiger partial charge in [0.05, 0.1) is 12.2 Å². The van der Waals surface area contributed by atoms with E-state index in [9.17, 15) is 9.59 Å². The quantitative estimate of drug-likeness (QED) is 0.426. The summed E-state index contributed by atoms with van der Waals surface area (Å²) in [4.78, 5) is 24.0. The van der Waals surface area contributed by atoms with E-state index >= 15 is 0 Å². The lowest BCUT2D eigenvalue weighted by Crippen LogP contribution is -2.20. The molecule has 0 atom stereocenters. The standard InChI is InChI=1S/C22H26ClNO4/c1-3-4-5-6-13-27-22(26)17-7-10-19(11-8-17)24-21(25)15-28-20-12-9-18(23)14-16(20)2/h7-12,14H,3-6,13,15H2,1-2H3,(H,24,25). The molecule has 0 heterocycles. The molecular formula is C22H26ClNO4. The van der Waals surface area contributed by atoms with Crippen LogP contribution in [0.2, 0.25) is 5.02 Å². The van der Waals surface area contributed by atoms with Crippen LogP contribution in [-0.4, -0.2) is 25.1 Å². The Morgan fingerprint density at radius 3 is 2.46 bits per heavy atom. The molecule has 5 nitrogen and oxygen atoms in total. The van der Waals surface area contributed by atoms with Gasteiger partial charge in [0.15, 0.2) is 6.61 Å². The van der Waals surface area contributed by atoms with Gasteiger partial charge >= 0.3 is 5.97 Å². The number of benzene rings is 2. The summed E-state index contributed by atoms with van der Waals surface area (Å²) < 4.78 is 10.8. The van der Waals surface area contributed by atoms with Gasteiger partial charge in [-0.15, -0.1) is 0 Å². The number of halogens is 1. The van der Waals surface area contributed by atoms with Gasteiger partial charge in [-0.25, -0.2) is 4.79 Å². The number of anilines is 1. The minimum absolute atomic E-state index is 0.121. The molecular weight excluding hydrogens is 378 g/mol. The lowest BCUT2D eigenvalue weighted by molar-refractivity contribution is -0.118. The number of unbranched alkanes of at least 4 members (excludes halogenated alkanes) is 3. The summed E-state index contributed by atoms with van der Waals surface area (Å²) in [5.74, 6) is -0.0342. The Balaban J connectivity index is 1.78. The second kappa shape index (κ2) is 11.3. The highest BCUT2D eigenvalue weighted by Gasteiger charge is 2.09. The van der Waals surface area contributed by atoms with Crippen molar-refractivity contribution in [3.63, 3.8) is 0 Å². The molecule has 150 valence electrons. The van der Waals surface area contributed by atoms with Crippen LogP contribution in [0, 0.1) is 6.92 Å². The monoisotopic (exact) mass is 403 g/mol. The minimum Gasteiger partial charge on any atom is -0.483 e. The Bertz CT molecular complexity index is 790. The molecule has 0 aliphatic rings. The molecule has 2 aromatic carbocycles. The van der Waals surface area contributed by atoms with E-state index in [-0.39, 0.29) is 18.5 Å². The van der Waals surface area contributed by atoms with Crippen LogP contribution in [-0.2, 0) is 9.53 Å². The first kappa shape index (κ1) is 21.8. The van der Waals surface area contributed by atoms with Crippen molar-refractivity contribution in [1.82, 2.24) is 0 Å². The number of aryl methyl sites for hydroxylation is 1. The van der Waals surface area contributed by atoms with E-state index in [0.29, 0.717) is 28.6 Å². The summed E-state index contributed by atoms with van der Waals surface area (Å²) in [5.41, 5.74) is 1.90. The van der Waals surface area contributed by atoms with Gasteiger partial charge in [-0.05, 0) is 61.4 Å². The SMILES string of the molecule is CCCCCCOC(=O)c1ccc(NC(=O)COc2ccc(Cl)cc2C)cc1. The van der Waals surface area contributed by atoms with Gasteiger partial charge in [-0.3, -0.25) is 4.79 Å². The highest BCUT2D eigenvalue weighted by molar-refractivity contribution is 6.30. The van der Waals surface area contributed by atoms with E-state index in [2.05, 4.69) is 12.2 Å². The highest BCUT2D eigenvalue weighted by atomic mass is 35.5. The Morgan fingerprint density at radius 2 is 1.79 bits per heavy atom. The molecule has 0 spiro atoms. The molecule has 2 aromatic rings. The van der Waals surface area contributed by atoms with E-state index in [4.69, 9.17) is 21.1 Å². The Kier molecular flexibility index (Phi) is 8.82. The van der Waals surface area contributed by atoms with Crippen molar-refractivity contribution in [3.8, 4) is 5.75 Å². The van der Waals surface area contributed by atoms with Crippen molar-refractivity contribution in [1.29, 1.82) is 0 Å². The number of hydrogen-bond acceptors (Lipinski definition) is 4. The lowest BCUT2D eigenvalue weighted by atomic mass is 10.2. The average molecular weight is 404 g/mol. The predicted molar refractivity (Wildman–Crippen MR) is 111 cm³/mol. The number of esters is 1. The number of rotatable bonds is 10. The van der Waals surface area contributed by atoms with E-state index in [1.54, 1.807) is 42.5 Å². The predicted octanol–water partition coefficient (Wildman–Crippen LogP) is 5.40. The fraction of sp³-hybridized carbons (Fsp3) is 0.364. The molecule has 0 bridgehead atoms. The average Bonchev–Trinajstić information content (AvgIpc) is 2.67. The van der Waals surface area contributed by atoms with Crippen LogP contribution < -0.4 is 10.1 Å². The van der Waals surface area contributed by atoms with Crippen LogP contribution in [0.15, 0.2) is 42.5 Å². The summed E-state index contributed by atoms with van der Waals surface area (Å²) in [7, 11) is 0. The maximum absolute atomic E-state index is 12.1. The van der Waals surface area contributed by atoms with Crippen LogP contribution in [0.4, 0.5) is 5.69 Å². The van der Waals surface area contributed by atoms with Gasteiger partial charge in [0.1, 0.15) is 5.75 Å². The van der Waals surface area contributed by atoms with E-state index < -0.39 is 0 Å². The first-order chi connectivity index (χ1) is 13.5. The smallest absolute Gasteiger partial charge is 0.338 e. The molecule has 0 unspecified atom stereocenters. The second-order valence-electron chi connectivity index (χ2n) is 6.52. The van der Waals surface area contributed by atoms with Gasteiger partial charge in [-0.2, -0.15) is 0 Å². The number of hydrogen-bond donors (Lipinski definition) is 1. The van der Waals surface area contributed by atoms with Gasteiger partial charge in [0, 0.05) is 10.7 Å². The van der Waals surface area contributed by atoms with Gasteiger partial charge in [0.2, 0.25) is 0 Å². The van der Waals surface area contributed by atoms with E-state index in [1.807, 2.05) is 6.92 Å². The zero-order chi connectivity index (χ0) is 20.4. The zero-order valence-corrected chi connectivity index (χ0v) is 17.1. The van der Waals surface area contributed by atoms with Crippen molar-refractivity contribution in [2.24, 2.45) is 0 Å². The number of carbonyl (C=O) groups excluding carboxylic acids is 2. The summed E-state index contributed by atoms with van der Waals surface area (Å²) >= 11 is 5.90. The molecule has 0 saturated heterocycles. The van der Waals surface area contributed by atoms with Gasteiger partial charge in [-0.1, -0.05) is 37.8 Å². The van der Waals surface area contributed by atoms with E-state index in [1.165, 1.54) is 0 Å². The molecule has 1 amide bonds. The van der Waals surface area contributed by atoms with Crippen LogP contribution in [0.25, 0.3) is 0 Å². The highest BCUT2D eigenvalue weighted by Crippen LogP contribution is 2.21. The van der Waals surface area contributed by atoms with Crippen molar-refractivity contribution in [2.45, 2.75) is 39.5 Å². The molecule has 0 aliphatic carbocycles. The summed E-state index contributed by atoms with van der Waals surface area (Å²) in [5, 5.41) is 3.35. The molecule has 0 aromatic heterocycles. The second-order valence-corrected chi connectivity index (χ2v) is 6.96. The van der Waals surface area contributed by atoms with Crippen molar-refractivity contribution >= 4 is 29.2 Å². The number of amides is 1. The molecule has 28 heavy (non-hydrogen) atoms. The first-order valence-electron chi connectivity index (χ1n) is 9.45. The Hall–Kier alpha value is -2.53. The molecule has 2 rings (SSSR count). The minimum atomic E-state index is -0.351. The third kappa shape index (κ3) is 7.24. The summed E-state index contributed by atoms with van der Waals surface area (Å²) in [6.07, 6.45) is 4.23. The summed E-state index contributed by atoms with van der Waals surface area (Å²) in [6, 6.07) is 11.8. The van der Waals surface area contributed by atoms with Crippen LogP contribution in [0.3, 0.4) is 0 Å². The number of carbonyl (C=O) groups is 2. The maximum atomic E-state index is 12.1. The molecule has 0 radical (unpaired) electrons. The third-order valence-corrected chi connectivity index (χ3v) is 4.37. The van der Waals surface area contributed by atoms with E-state index in [0.717, 1.165) is 31.2 Å². The molecule has 6 heteroatoms. The van der Waals surface area contributed by atoms with Crippen LogP contribution >= 0.6 is 11.6 Å². The van der Waals surface area contributed by atoms with Gasteiger partial charge in [0.25, 0.3) is 5.91 Å². The lowest BCUT2D eigenvalue weighted by Gasteiger charge is -2.10. The van der Waals surface area contributed by atoms with Crippen molar-refractivity contribution < 1.29 is 19.1 Å². The molecule has 0 saturated carbocycles. The largest absolute Gasteiger partial charge is 0.483 e. The van der Waals surface area contributed by atoms with Crippen molar-refractivity contribution in [3.05, 3.63) is 58.6 Å². The summed E-state index contributed by atoms with van der Waals surface area (Å²) in [6.45, 7) is 4.31. The Labute approximate surface area is 171 Å². The fourth-order valence-corrected chi connectivity index (χ4v) is 2.81. The molecule has 0 fully saturated rings.